The van der Waals surface area contributed by atoms with Crippen LogP contribution in [0.15, 0.2) is 24.3 Å². The van der Waals surface area contributed by atoms with Gasteiger partial charge in [-0.05, 0) is 31.9 Å². The van der Waals surface area contributed by atoms with Gasteiger partial charge in [-0.3, -0.25) is 0 Å². The summed E-state index contributed by atoms with van der Waals surface area (Å²) in [5, 5.41) is 3.17. The van der Waals surface area contributed by atoms with Crippen molar-refractivity contribution in [2.24, 2.45) is 0 Å². The zero-order valence-electron chi connectivity index (χ0n) is 13.8. The maximum Gasteiger partial charge on any atom is 0.317 e. The van der Waals surface area contributed by atoms with E-state index >= 15 is 0 Å². The van der Waals surface area contributed by atoms with Crippen LogP contribution in [0.4, 0.5) is 4.79 Å². The summed E-state index contributed by atoms with van der Waals surface area (Å²) in [5.74, 6) is 0. The molecular weight excluding hydrogens is 274 g/mol. The Morgan fingerprint density at radius 3 is 2.32 bits per heavy atom. The van der Waals surface area contributed by atoms with E-state index in [0.717, 1.165) is 39.3 Å². The molecule has 22 heavy (non-hydrogen) atoms. The third-order valence-electron chi connectivity index (χ3n) is 5.20. The van der Waals surface area contributed by atoms with Crippen molar-refractivity contribution in [3.8, 4) is 0 Å². The number of benzene rings is 1. The average Bonchev–Trinajstić information content (AvgIpc) is 3.34. The Labute approximate surface area is 133 Å². The van der Waals surface area contributed by atoms with Gasteiger partial charge in [0.1, 0.15) is 0 Å². The number of likely N-dealkylation sites (N-methyl/N-ethyl adjacent to an activating group) is 1. The zero-order chi connectivity index (χ0) is 15.6. The van der Waals surface area contributed by atoms with Gasteiger partial charge in [-0.25, -0.2) is 4.79 Å². The first-order chi connectivity index (χ1) is 10.6. The number of nitrogens with zero attached hydrogens (tertiary/aromatic N) is 2. The molecule has 1 aromatic rings. The molecule has 2 aliphatic rings. The molecule has 0 unspecified atom stereocenters. The zero-order valence-corrected chi connectivity index (χ0v) is 13.8. The van der Waals surface area contributed by atoms with Crippen LogP contribution < -0.4 is 5.32 Å². The van der Waals surface area contributed by atoms with Gasteiger partial charge in [-0.2, -0.15) is 0 Å². The highest BCUT2D eigenvalue weighted by Crippen LogP contribution is 2.47. The molecule has 1 heterocycles. The minimum Gasteiger partial charge on any atom is -0.337 e. The van der Waals surface area contributed by atoms with Crippen molar-refractivity contribution in [2.45, 2.75) is 32.1 Å². The number of aryl methyl sites for hydroxylation is 1. The first-order valence-electron chi connectivity index (χ1n) is 8.45. The van der Waals surface area contributed by atoms with Crippen LogP contribution in [0, 0.1) is 6.92 Å². The molecule has 1 saturated heterocycles. The van der Waals surface area contributed by atoms with E-state index in [-0.39, 0.29) is 11.4 Å². The van der Waals surface area contributed by atoms with Gasteiger partial charge in [0.25, 0.3) is 0 Å². The van der Waals surface area contributed by atoms with Gasteiger partial charge >= 0.3 is 6.03 Å². The van der Waals surface area contributed by atoms with Crippen LogP contribution >= 0.6 is 0 Å². The van der Waals surface area contributed by atoms with Crippen molar-refractivity contribution in [3.63, 3.8) is 0 Å². The van der Waals surface area contributed by atoms with Crippen molar-refractivity contribution in [1.82, 2.24) is 15.1 Å². The van der Waals surface area contributed by atoms with Gasteiger partial charge in [-0.1, -0.05) is 36.8 Å². The quantitative estimate of drug-likeness (QED) is 0.927. The van der Waals surface area contributed by atoms with E-state index < -0.39 is 0 Å². The second kappa shape index (κ2) is 6.29. The molecule has 2 amide bonds. The Balaban J connectivity index is 1.52. The number of piperazine rings is 1. The fraction of sp³-hybridized carbons (Fsp3) is 0.611. The predicted molar refractivity (Wildman–Crippen MR) is 89.2 cm³/mol. The first-order valence-corrected chi connectivity index (χ1v) is 8.45. The SMILES string of the molecule is CCN1CCN(C(=O)NCC2(c3ccc(C)cc3)CC2)CC1. The minimum atomic E-state index is 0.106. The maximum absolute atomic E-state index is 12.3. The number of urea groups is 1. The van der Waals surface area contributed by atoms with Gasteiger partial charge in [0.2, 0.25) is 0 Å². The summed E-state index contributed by atoms with van der Waals surface area (Å²) in [7, 11) is 0. The smallest absolute Gasteiger partial charge is 0.317 e. The molecule has 1 N–H and O–H groups in total. The van der Waals surface area contributed by atoms with E-state index in [1.54, 1.807) is 0 Å². The lowest BCUT2D eigenvalue weighted by molar-refractivity contribution is 0.142. The van der Waals surface area contributed by atoms with Crippen LogP contribution in [0.3, 0.4) is 0 Å². The Hall–Kier alpha value is -1.55. The molecule has 1 aliphatic carbocycles. The standard InChI is InChI=1S/C18H27N3O/c1-3-20-10-12-21(13-11-20)17(22)19-14-18(8-9-18)16-6-4-15(2)5-7-16/h4-7H,3,8-14H2,1-2H3,(H,19,22). The minimum absolute atomic E-state index is 0.106. The van der Waals surface area contributed by atoms with Crippen LogP contribution in [0.5, 0.6) is 0 Å². The molecule has 2 fully saturated rings. The fourth-order valence-corrected chi connectivity index (χ4v) is 3.25. The molecule has 0 aromatic heterocycles. The van der Waals surface area contributed by atoms with Gasteiger partial charge in [0, 0.05) is 38.1 Å². The van der Waals surface area contributed by atoms with Crippen LogP contribution in [0.25, 0.3) is 0 Å². The second-order valence-corrected chi connectivity index (χ2v) is 6.73. The monoisotopic (exact) mass is 301 g/mol. The molecule has 1 aromatic carbocycles. The number of nitrogens with one attached hydrogen (secondary N) is 1. The number of carbonyl (C=O) groups excluding carboxylic acids is 1. The van der Waals surface area contributed by atoms with Crippen molar-refractivity contribution < 1.29 is 4.79 Å². The van der Waals surface area contributed by atoms with E-state index in [2.05, 4.69) is 48.3 Å². The Bertz CT molecular complexity index is 514. The lowest BCUT2D eigenvalue weighted by Gasteiger charge is -2.34. The lowest BCUT2D eigenvalue weighted by Crippen LogP contribution is -2.52. The van der Waals surface area contributed by atoms with Gasteiger partial charge in [0.05, 0.1) is 0 Å². The highest BCUT2D eigenvalue weighted by atomic mass is 16.2. The highest BCUT2D eigenvalue weighted by Gasteiger charge is 2.44. The highest BCUT2D eigenvalue weighted by molar-refractivity contribution is 5.74. The molecule has 4 heteroatoms. The van der Waals surface area contributed by atoms with E-state index in [9.17, 15) is 4.79 Å². The average molecular weight is 301 g/mol. The largest absolute Gasteiger partial charge is 0.337 e. The summed E-state index contributed by atoms with van der Waals surface area (Å²) >= 11 is 0. The molecule has 4 nitrogen and oxygen atoms in total. The number of amides is 2. The third-order valence-corrected chi connectivity index (χ3v) is 5.20. The van der Waals surface area contributed by atoms with Crippen LogP contribution in [-0.2, 0) is 5.41 Å². The van der Waals surface area contributed by atoms with Crippen LogP contribution in [0.1, 0.15) is 30.9 Å². The van der Waals surface area contributed by atoms with E-state index in [1.165, 1.54) is 24.0 Å². The summed E-state index contributed by atoms with van der Waals surface area (Å²) in [6.45, 7) is 9.80. The number of hydrogen-bond donors (Lipinski definition) is 1. The summed E-state index contributed by atoms with van der Waals surface area (Å²) in [6.07, 6.45) is 2.36. The lowest BCUT2D eigenvalue weighted by atomic mass is 9.95. The molecule has 120 valence electrons. The van der Waals surface area contributed by atoms with E-state index in [0.29, 0.717) is 0 Å². The van der Waals surface area contributed by atoms with E-state index in [1.807, 2.05) is 4.90 Å². The fourth-order valence-electron chi connectivity index (χ4n) is 3.25. The maximum atomic E-state index is 12.3. The first kappa shape index (κ1) is 15.3. The Kier molecular flexibility index (Phi) is 4.39. The summed E-state index contributed by atoms with van der Waals surface area (Å²) in [6, 6.07) is 8.87. The normalized spacial score (nSPS) is 20.7. The summed E-state index contributed by atoms with van der Waals surface area (Å²) in [5.41, 5.74) is 2.85. The second-order valence-electron chi connectivity index (χ2n) is 6.73. The van der Waals surface area contributed by atoms with Gasteiger partial charge in [-0.15, -0.1) is 0 Å². The molecular formula is C18H27N3O. The molecule has 1 aliphatic heterocycles. The molecule has 0 radical (unpaired) electrons. The number of hydrogen-bond acceptors (Lipinski definition) is 2. The summed E-state index contributed by atoms with van der Waals surface area (Å²) in [4.78, 5) is 16.7. The van der Waals surface area contributed by atoms with Crippen LogP contribution in [-0.4, -0.2) is 55.1 Å². The van der Waals surface area contributed by atoms with Crippen molar-refractivity contribution in [2.75, 3.05) is 39.3 Å². The predicted octanol–water partition coefficient (Wildman–Crippen LogP) is 2.37. The Morgan fingerprint density at radius 1 is 1.14 bits per heavy atom. The van der Waals surface area contributed by atoms with Crippen molar-refractivity contribution in [3.05, 3.63) is 35.4 Å². The van der Waals surface area contributed by atoms with Crippen molar-refractivity contribution >= 4 is 6.03 Å². The summed E-state index contributed by atoms with van der Waals surface area (Å²) < 4.78 is 0. The third kappa shape index (κ3) is 3.27. The van der Waals surface area contributed by atoms with E-state index in [4.69, 9.17) is 0 Å². The van der Waals surface area contributed by atoms with Gasteiger partial charge < -0.3 is 15.1 Å². The molecule has 0 spiro atoms. The molecule has 0 atom stereocenters. The number of carbonyl (C=O) groups is 1. The van der Waals surface area contributed by atoms with Crippen molar-refractivity contribution in [1.29, 1.82) is 0 Å². The molecule has 1 saturated carbocycles. The van der Waals surface area contributed by atoms with Gasteiger partial charge in [0.15, 0.2) is 0 Å². The number of rotatable bonds is 4. The Morgan fingerprint density at radius 2 is 1.77 bits per heavy atom. The topological polar surface area (TPSA) is 35.6 Å². The molecule has 0 bridgehead atoms. The van der Waals surface area contributed by atoms with Crippen LogP contribution in [0.2, 0.25) is 0 Å². The molecule has 3 rings (SSSR count).